The van der Waals surface area contributed by atoms with E-state index in [2.05, 4.69) is 20.3 Å². The predicted octanol–water partition coefficient (Wildman–Crippen LogP) is 1.73. The molecule has 0 amide bonds. The highest BCUT2D eigenvalue weighted by Crippen LogP contribution is 2.31. The normalized spacial score (nSPS) is 11.3. The van der Waals surface area contributed by atoms with Gasteiger partial charge in [-0.15, -0.1) is 16.4 Å². The molecule has 9 heteroatoms. The summed E-state index contributed by atoms with van der Waals surface area (Å²) in [7, 11) is 3.59. The lowest BCUT2D eigenvalue weighted by Crippen LogP contribution is -2.07. The smallest absolute Gasteiger partial charge is 0.168 e. The molecular formula is C14H18N6O2S. The molecule has 0 aromatic carbocycles. The van der Waals surface area contributed by atoms with Crippen LogP contribution in [0, 0.1) is 6.92 Å². The van der Waals surface area contributed by atoms with Crippen molar-refractivity contribution in [1.82, 2.24) is 29.5 Å². The number of imidazole rings is 1. The second-order valence-electron chi connectivity index (χ2n) is 4.96. The molecule has 0 unspecified atom stereocenters. The van der Waals surface area contributed by atoms with Crippen LogP contribution in [0.25, 0.3) is 22.2 Å². The fourth-order valence-corrected chi connectivity index (χ4v) is 3.03. The van der Waals surface area contributed by atoms with E-state index in [9.17, 15) is 0 Å². The number of nitrogens with zero attached hydrogens (tertiary/aromatic N) is 6. The highest BCUT2D eigenvalue weighted by molar-refractivity contribution is 7.15. The first-order valence-electron chi connectivity index (χ1n) is 7.11. The Labute approximate surface area is 137 Å². The molecule has 122 valence electrons. The van der Waals surface area contributed by atoms with Crippen molar-refractivity contribution in [3.8, 4) is 22.2 Å². The van der Waals surface area contributed by atoms with E-state index < -0.39 is 0 Å². The lowest BCUT2D eigenvalue weighted by Gasteiger charge is -2.01. The minimum absolute atomic E-state index is 0.339. The van der Waals surface area contributed by atoms with E-state index in [0.717, 1.165) is 27.1 Å². The maximum Gasteiger partial charge on any atom is 0.168 e. The molecule has 3 aromatic heterocycles. The SMILES string of the molecule is COCCOCn1cc(-c2nc(-c3nccn3C)sc2C)nn1. The van der Waals surface area contributed by atoms with Crippen molar-refractivity contribution in [1.29, 1.82) is 0 Å². The van der Waals surface area contributed by atoms with E-state index in [1.807, 2.05) is 30.9 Å². The zero-order valence-electron chi connectivity index (χ0n) is 13.3. The van der Waals surface area contributed by atoms with Crippen LogP contribution in [0.15, 0.2) is 18.6 Å². The first kappa shape index (κ1) is 15.8. The van der Waals surface area contributed by atoms with Gasteiger partial charge in [0.1, 0.15) is 18.1 Å². The molecule has 3 rings (SSSR count). The van der Waals surface area contributed by atoms with E-state index in [1.165, 1.54) is 0 Å². The minimum atomic E-state index is 0.339. The Balaban J connectivity index is 1.76. The first-order chi connectivity index (χ1) is 11.2. The lowest BCUT2D eigenvalue weighted by molar-refractivity contribution is 0.0281. The van der Waals surface area contributed by atoms with Gasteiger partial charge in [0.25, 0.3) is 0 Å². The summed E-state index contributed by atoms with van der Waals surface area (Å²) in [5.41, 5.74) is 1.56. The van der Waals surface area contributed by atoms with E-state index in [-0.39, 0.29) is 0 Å². The van der Waals surface area contributed by atoms with Gasteiger partial charge < -0.3 is 14.0 Å². The van der Waals surface area contributed by atoms with Gasteiger partial charge >= 0.3 is 0 Å². The van der Waals surface area contributed by atoms with Crippen LogP contribution in [0.5, 0.6) is 0 Å². The summed E-state index contributed by atoms with van der Waals surface area (Å²) in [6.45, 7) is 3.43. The van der Waals surface area contributed by atoms with Crippen molar-refractivity contribution < 1.29 is 9.47 Å². The zero-order valence-corrected chi connectivity index (χ0v) is 14.1. The summed E-state index contributed by atoms with van der Waals surface area (Å²) in [4.78, 5) is 10.1. The fourth-order valence-electron chi connectivity index (χ4n) is 2.07. The average molecular weight is 334 g/mol. The molecular weight excluding hydrogens is 316 g/mol. The molecule has 0 N–H and O–H groups in total. The number of thiazole rings is 1. The molecule has 23 heavy (non-hydrogen) atoms. The van der Waals surface area contributed by atoms with Gasteiger partial charge in [0.05, 0.1) is 19.4 Å². The molecule has 3 heterocycles. The van der Waals surface area contributed by atoms with Crippen molar-refractivity contribution >= 4 is 11.3 Å². The number of methoxy groups -OCH3 is 1. The standard InChI is InChI=1S/C14H18N6O2S/c1-10-12(16-14(23-10)13-15-4-5-19(13)2)11-8-20(18-17-11)9-22-7-6-21-3/h4-5,8H,6-7,9H2,1-3H3. The van der Waals surface area contributed by atoms with Gasteiger partial charge in [-0.1, -0.05) is 5.21 Å². The summed E-state index contributed by atoms with van der Waals surface area (Å²) in [5.74, 6) is 0.847. The Morgan fingerprint density at radius 3 is 2.91 bits per heavy atom. The van der Waals surface area contributed by atoms with Gasteiger partial charge in [-0.2, -0.15) is 0 Å². The number of ether oxygens (including phenoxy) is 2. The van der Waals surface area contributed by atoms with Crippen LogP contribution in [-0.4, -0.2) is 49.9 Å². The third kappa shape index (κ3) is 3.46. The average Bonchev–Trinajstić information content (AvgIpc) is 3.23. The second-order valence-corrected chi connectivity index (χ2v) is 6.16. The third-order valence-corrected chi connectivity index (χ3v) is 4.21. The topological polar surface area (TPSA) is 79.9 Å². The van der Waals surface area contributed by atoms with Gasteiger partial charge in [0, 0.05) is 31.4 Å². The van der Waals surface area contributed by atoms with Gasteiger partial charge in [0.2, 0.25) is 0 Å². The second kappa shape index (κ2) is 6.99. The Morgan fingerprint density at radius 1 is 1.30 bits per heavy atom. The molecule has 0 aliphatic heterocycles. The molecule has 0 spiro atoms. The van der Waals surface area contributed by atoms with Crippen LogP contribution in [-0.2, 0) is 23.3 Å². The molecule has 8 nitrogen and oxygen atoms in total. The van der Waals surface area contributed by atoms with Crippen molar-refractivity contribution in [3.05, 3.63) is 23.5 Å². The molecule has 0 atom stereocenters. The highest BCUT2D eigenvalue weighted by atomic mass is 32.1. The van der Waals surface area contributed by atoms with Crippen LogP contribution >= 0.6 is 11.3 Å². The van der Waals surface area contributed by atoms with Gasteiger partial charge in [-0.05, 0) is 6.92 Å². The molecule has 0 saturated heterocycles. The molecule has 0 radical (unpaired) electrons. The monoisotopic (exact) mass is 334 g/mol. The van der Waals surface area contributed by atoms with E-state index in [0.29, 0.717) is 19.9 Å². The van der Waals surface area contributed by atoms with Crippen molar-refractivity contribution in [2.75, 3.05) is 20.3 Å². The Hall–Kier alpha value is -2.10. The van der Waals surface area contributed by atoms with Gasteiger partial charge in [0.15, 0.2) is 10.8 Å². The first-order valence-corrected chi connectivity index (χ1v) is 7.93. The van der Waals surface area contributed by atoms with Crippen LogP contribution in [0.1, 0.15) is 4.88 Å². The van der Waals surface area contributed by atoms with Crippen LogP contribution < -0.4 is 0 Å². The van der Waals surface area contributed by atoms with E-state index in [4.69, 9.17) is 9.47 Å². The predicted molar refractivity (Wildman–Crippen MR) is 85.9 cm³/mol. The van der Waals surface area contributed by atoms with Crippen molar-refractivity contribution in [2.24, 2.45) is 7.05 Å². The van der Waals surface area contributed by atoms with Crippen LogP contribution in [0.4, 0.5) is 0 Å². The number of rotatable bonds is 7. The van der Waals surface area contributed by atoms with Crippen LogP contribution in [0.2, 0.25) is 0 Å². The van der Waals surface area contributed by atoms with Crippen LogP contribution in [0.3, 0.4) is 0 Å². The Kier molecular flexibility index (Phi) is 4.79. The molecule has 0 aliphatic rings. The summed E-state index contributed by atoms with van der Waals surface area (Å²) >= 11 is 1.60. The molecule has 0 saturated carbocycles. The van der Waals surface area contributed by atoms with Gasteiger partial charge in [-0.25, -0.2) is 14.6 Å². The molecule has 0 bridgehead atoms. The van der Waals surface area contributed by atoms with Gasteiger partial charge in [-0.3, -0.25) is 0 Å². The van der Waals surface area contributed by atoms with Crippen molar-refractivity contribution in [3.63, 3.8) is 0 Å². The summed E-state index contributed by atoms with van der Waals surface area (Å²) in [6.07, 6.45) is 5.50. The number of hydrogen-bond acceptors (Lipinski definition) is 7. The Morgan fingerprint density at radius 2 is 2.17 bits per heavy atom. The number of aromatic nitrogens is 6. The number of aryl methyl sites for hydroxylation is 2. The quantitative estimate of drug-likeness (QED) is 0.612. The minimum Gasteiger partial charge on any atom is -0.382 e. The summed E-state index contributed by atoms with van der Waals surface area (Å²) < 4.78 is 13.9. The van der Waals surface area contributed by atoms with E-state index >= 15 is 0 Å². The maximum atomic E-state index is 5.42. The third-order valence-electron chi connectivity index (χ3n) is 3.25. The molecule has 3 aromatic rings. The Bertz CT molecular complexity index is 778. The zero-order chi connectivity index (χ0) is 16.2. The summed E-state index contributed by atoms with van der Waals surface area (Å²) in [6, 6.07) is 0. The molecule has 0 aliphatic carbocycles. The van der Waals surface area contributed by atoms with E-state index in [1.54, 1.807) is 29.3 Å². The summed E-state index contributed by atoms with van der Waals surface area (Å²) in [5, 5.41) is 9.12. The molecule has 0 fully saturated rings. The highest BCUT2D eigenvalue weighted by Gasteiger charge is 2.16. The fraction of sp³-hybridized carbons (Fsp3) is 0.429. The van der Waals surface area contributed by atoms with Crippen molar-refractivity contribution in [2.45, 2.75) is 13.7 Å². The lowest BCUT2D eigenvalue weighted by atomic mass is 10.3. The maximum absolute atomic E-state index is 5.42. The largest absolute Gasteiger partial charge is 0.382 e. The number of hydrogen-bond donors (Lipinski definition) is 0.